The van der Waals surface area contributed by atoms with E-state index in [4.69, 9.17) is 0 Å². The Hall–Kier alpha value is -1.37. The molecule has 92 valence electrons. The van der Waals surface area contributed by atoms with Crippen LogP contribution >= 0.6 is 22.6 Å². The van der Waals surface area contributed by atoms with Crippen molar-refractivity contribution in [2.45, 2.75) is 13.5 Å². The van der Waals surface area contributed by atoms with E-state index in [-0.39, 0.29) is 5.91 Å². The fraction of sp³-hybridized carbons (Fsp3) is 0.231. The van der Waals surface area contributed by atoms with Gasteiger partial charge in [-0.15, -0.1) is 0 Å². The molecule has 0 saturated heterocycles. The molecule has 0 atom stereocenters. The molecule has 1 amide bonds. The van der Waals surface area contributed by atoms with E-state index in [1.165, 1.54) is 0 Å². The van der Waals surface area contributed by atoms with Crippen molar-refractivity contribution in [2.24, 2.45) is 0 Å². The average molecular weight is 353 g/mol. The van der Waals surface area contributed by atoms with Gasteiger partial charge in [-0.3, -0.25) is 9.36 Å². The minimum absolute atomic E-state index is 0.0719. The normalized spacial score (nSPS) is 14.2. The monoisotopic (exact) mass is 353 g/mol. The number of carbonyl (C=O) groups is 1. The summed E-state index contributed by atoms with van der Waals surface area (Å²) in [5.74, 6) is 0.0719. The van der Waals surface area contributed by atoms with E-state index >= 15 is 0 Å². The maximum atomic E-state index is 12.4. The largest absolute Gasteiger partial charge is 0.336 e. The number of fused-ring (bicyclic) bond motifs is 3. The molecule has 0 spiro atoms. The van der Waals surface area contributed by atoms with Crippen molar-refractivity contribution in [3.05, 3.63) is 45.0 Å². The van der Waals surface area contributed by atoms with Gasteiger partial charge in [-0.25, -0.2) is 4.98 Å². The number of rotatable bonds is 0. The quantitative estimate of drug-likeness (QED) is 0.682. The van der Waals surface area contributed by atoms with Crippen LogP contribution in [0.25, 0.3) is 5.69 Å². The first-order chi connectivity index (χ1) is 8.59. The van der Waals surface area contributed by atoms with Crippen molar-refractivity contribution in [3.63, 3.8) is 0 Å². The molecule has 2 aromatic rings. The third-order valence-electron chi connectivity index (χ3n) is 3.27. The summed E-state index contributed by atoms with van der Waals surface area (Å²) in [6, 6.07) is 5.92. The second-order valence-corrected chi connectivity index (χ2v) is 5.50. The summed E-state index contributed by atoms with van der Waals surface area (Å²) in [5.41, 5.74) is 3.76. The Kier molecular flexibility index (Phi) is 2.65. The van der Waals surface area contributed by atoms with Gasteiger partial charge in [0.05, 0.1) is 23.5 Å². The van der Waals surface area contributed by atoms with Crippen LogP contribution in [0.5, 0.6) is 0 Å². The number of aryl methyl sites for hydroxylation is 1. The van der Waals surface area contributed by atoms with Gasteiger partial charge >= 0.3 is 0 Å². The van der Waals surface area contributed by atoms with E-state index < -0.39 is 0 Å². The summed E-state index contributed by atoms with van der Waals surface area (Å²) >= 11 is 2.21. The number of imidazole rings is 1. The lowest BCUT2D eigenvalue weighted by Crippen LogP contribution is -2.25. The zero-order valence-corrected chi connectivity index (χ0v) is 12.3. The third-order valence-corrected chi connectivity index (χ3v) is 4.17. The Balaban J connectivity index is 2.37. The Bertz CT molecular complexity index is 648. The van der Waals surface area contributed by atoms with Crippen LogP contribution in [0.1, 0.15) is 21.6 Å². The molecule has 0 bridgehead atoms. The zero-order chi connectivity index (χ0) is 12.9. The summed E-state index contributed by atoms with van der Waals surface area (Å²) in [4.78, 5) is 18.5. The van der Waals surface area contributed by atoms with Gasteiger partial charge in [-0.2, -0.15) is 0 Å². The van der Waals surface area contributed by atoms with Crippen LogP contribution in [0, 0.1) is 10.6 Å². The maximum Gasteiger partial charge on any atom is 0.256 e. The second kappa shape index (κ2) is 4.08. The molecule has 1 aromatic heterocycles. The van der Waals surface area contributed by atoms with Crippen molar-refractivity contribution < 1.29 is 4.79 Å². The predicted octanol–water partition coefficient (Wildman–Crippen LogP) is 2.37. The van der Waals surface area contributed by atoms with E-state index in [1.54, 1.807) is 11.2 Å². The molecule has 0 radical (unpaired) electrons. The lowest BCUT2D eigenvalue weighted by molar-refractivity contribution is 0.0787. The average Bonchev–Trinajstić information content (AvgIpc) is 2.64. The molecule has 0 fully saturated rings. The van der Waals surface area contributed by atoms with Gasteiger partial charge in [0.2, 0.25) is 0 Å². The fourth-order valence-electron chi connectivity index (χ4n) is 2.32. The first-order valence-electron chi connectivity index (χ1n) is 5.66. The minimum Gasteiger partial charge on any atom is -0.336 e. The van der Waals surface area contributed by atoms with Crippen molar-refractivity contribution in [1.82, 2.24) is 14.5 Å². The van der Waals surface area contributed by atoms with Crippen LogP contribution in [-0.2, 0) is 6.54 Å². The molecule has 0 aliphatic carbocycles. The highest BCUT2D eigenvalue weighted by molar-refractivity contribution is 14.1. The molecule has 0 saturated carbocycles. The molecule has 0 unspecified atom stereocenters. The van der Waals surface area contributed by atoms with E-state index in [2.05, 4.69) is 27.6 Å². The van der Waals surface area contributed by atoms with E-state index in [0.29, 0.717) is 6.54 Å². The van der Waals surface area contributed by atoms with Gasteiger partial charge in [-0.05, 0) is 41.1 Å². The van der Waals surface area contributed by atoms with Crippen LogP contribution in [-0.4, -0.2) is 27.4 Å². The van der Waals surface area contributed by atoms with Gasteiger partial charge in [0.15, 0.2) is 0 Å². The Labute approximate surface area is 119 Å². The van der Waals surface area contributed by atoms with Gasteiger partial charge in [0, 0.05) is 7.05 Å². The molecule has 0 N–H and O–H groups in total. The van der Waals surface area contributed by atoms with Crippen LogP contribution in [0.15, 0.2) is 24.5 Å². The molecule has 1 aromatic carbocycles. The SMILES string of the molecule is Cc1cccc2c1C(=O)N(C)Cc1c(I)ncn1-2. The molecular formula is C13H12IN3O. The molecule has 1 aliphatic rings. The highest BCUT2D eigenvalue weighted by Crippen LogP contribution is 2.27. The number of carbonyl (C=O) groups excluding carboxylic acids is 1. The third kappa shape index (κ3) is 1.57. The summed E-state index contributed by atoms with van der Waals surface area (Å²) in [7, 11) is 1.83. The first-order valence-corrected chi connectivity index (χ1v) is 6.74. The van der Waals surface area contributed by atoms with Gasteiger partial charge in [-0.1, -0.05) is 12.1 Å². The van der Waals surface area contributed by atoms with Crippen LogP contribution in [0.2, 0.25) is 0 Å². The highest BCUT2D eigenvalue weighted by Gasteiger charge is 2.26. The number of aromatic nitrogens is 2. The van der Waals surface area contributed by atoms with E-state index in [1.807, 2.05) is 36.7 Å². The zero-order valence-electron chi connectivity index (χ0n) is 10.1. The first kappa shape index (κ1) is 11.7. The van der Waals surface area contributed by atoms with Crippen molar-refractivity contribution in [1.29, 1.82) is 0 Å². The lowest BCUT2D eigenvalue weighted by Gasteiger charge is -2.15. The predicted molar refractivity (Wildman–Crippen MR) is 76.8 cm³/mol. The van der Waals surface area contributed by atoms with Crippen LogP contribution in [0.4, 0.5) is 0 Å². The van der Waals surface area contributed by atoms with Crippen molar-refractivity contribution >= 4 is 28.5 Å². The number of hydrogen-bond acceptors (Lipinski definition) is 2. The lowest BCUT2D eigenvalue weighted by atomic mass is 10.1. The minimum atomic E-state index is 0.0719. The van der Waals surface area contributed by atoms with Crippen LogP contribution < -0.4 is 0 Å². The topological polar surface area (TPSA) is 38.1 Å². The number of halogens is 1. The van der Waals surface area contributed by atoms with Gasteiger partial charge in [0.25, 0.3) is 5.91 Å². The molecule has 1 aliphatic heterocycles. The molecule has 5 heteroatoms. The molecular weight excluding hydrogens is 341 g/mol. The van der Waals surface area contributed by atoms with E-state index in [9.17, 15) is 4.79 Å². The van der Waals surface area contributed by atoms with E-state index in [0.717, 1.165) is 26.2 Å². The molecule has 18 heavy (non-hydrogen) atoms. The number of nitrogens with zero attached hydrogens (tertiary/aromatic N) is 3. The van der Waals surface area contributed by atoms with Crippen molar-refractivity contribution in [3.8, 4) is 5.69 Å². The van der Waals surface area contributed by atoms with Gasteiger partial charge < -0.3 is 4.90 Å². The fourth-order valence-corrected chi connectivity index (χ4v) is 2.87. The summed E-state index contributed by atoms with van der Waals surface area (Å²) in [6.45, 7) is 2.56. The second-order valence-electron chi connectivity index (χ2n) is 4.48. The smallest absolute Gasteiger partial charge is 0.256 e. The van der Waals surface area contributed by atoms with Crippen molar-refractivity contribution in [2.75, 3.05) is 7.05 Å². The Morgan fingerprint density at radius 3 is 2.94 bits per heavy atom. The maximum absolute atomic E-state index is 12.4. The molecule has 4 nitrogen and oxygen atoms in total. The Morgan fingerprint density at radius 2 is 2.17 bits per heavy atom. The van der Waals surface area contributed by atoms with Crippen LogP contribution in [0.3, 0.4) is 0 Å². The molecule has 2 heterocycles. The van der Waals surface area contributed by atoms with Gasteiger partial charge in [0.1, 0.15) is 10.0 Å². The Morgan fingerprint density at radius 1 is 1.39 bits per heavy atom. The summed E-state index contributed by atoms with van der Waals surface area (Å²) < 4.78 is 2.97. The molecule has 3 rings (SSSR count). The number of amides is 1. The summed E-state index contributed by atoms with van der Waals surface area (Å²) in [5, 5.41) is 0. The number of benzene rings is 1. The standard InChI is InChI=1S/C13H12IN3O/c1-8-4-3-5-9-11(8)13(18)16(2)6-10-12(14)15-7-17(9)10/h3-5,7H,6H2,1-2H3. The highest BCUT2D eigenvalue weighted by atomic mass is 127. The number of hydrogen-bond donors (Lipinski definition) is 0. The summed E-state index contributed by atoms with van der Waals surface area (Å²) in [6.07, 6.45) is 1.79.